The summed E-state index contributed by atoms with van der Waals surface area (Å²) in [6.45, 7) is 2.05. The van der Waals surface area contributed by atoms with Gasteiger partial charge in [-0.15, -0.1) is 22.7 Å². The average Bonchev–Trinajstić information content (AvgIpc) is 3.29. The first-order valence-corrected chi connectivity index (χ1v) is 10.8. The number of aryl methyl sites for hydroxylation is 1. The third-order valence-electron chi connectivity index (χ3n) is 3.71. The maximum Gasteiger partial charge on any atom is 0.244 e. The second-order valence-corrected chi connectivity index (χ2v) is 9.11. The number of hydrogen-bond acceptors (Lipinski definition) is 7. The molecule has 0 saturated carbocycles. The number of ether oxygens (including phenoxy) is 2. The van der Waals surface area contributed by atoms with Crippen LogP contribution in [-0.2, 0) is 16.6 Å². The van der Waals surface area contributed by atoms with Crippen LogP contribution in [0.1, 0.15) is 10.6 Å². The zero-order valence-electron chi connectivity index (χ0n) is 14.5. The van der Waals surface area contributed by atoms with Gasteiger partial charge in [-0.05, 0) is 30.5 Å². The largest absolute Gasteiger partial charge is 0.497 e. The van der Waals surface area contributed by atoms with Crippen molar-refractivity contribution >= 4 is 32.7 Å². The van der Waals surface area contributed by atoms with Crippen molar-refractivity contribution in [2.24, 2.45) is 0 Å². The molecule has 0 unspecified atom stereocenters. The normalized spacial score (nSPS) is 11.5. The summed E-state index contributed by atoms with van der Waals surface area (Å²) in [6.07, 6.45) is 0. The highest BCUT2D eigenvalue weighted by atomic mass is 32.2. The van der Waals surface area contributed by atoms with E-state index in [-0.39, 0.29) is 17.2 Å². The van der Waals surface area contributed by atoms with Crippen LogP contribution in [0.5, 0.6) is 11.5 Å². The SMILES string of the molecule is COc1ccc(S(=O)(=O)NCc2sc(-c3cccs3)nc2C)c(OC)c1. The van der Waals surface area contributed by atoms with E-state index >= 15 is 0 Å². The van der Waals surface area contributed by atoms with Gasteiger partial charge in [-0.25, -0.2) is 18.1 Å². The van der Waals surface area contributed by atoms with Crippen LogP contribution in [0.2, 0.25) is 0 Å². The topological polar surface area (TPSA) is 77.5 Å². The number of sulfonamides is 1. The van der Waals surface area contributed by atoms with Crippen LogP contribution in [0.3, 0.4) is 0 Å². The van der Waals surface area contributed by atoms with Gasteiger partial charge in [-0.1, -0.05) is 6.07 Å². The minimum absolute atomic E-state index is 0.0708. The van der Waals surface area contributed by atoms with E-state index in [0.717, 1.165) is 20.5 Å². The fourth-order valence-electron chi connectivity index (χ4n) is 2.33. The van der Waals surface area contributed by atoms with Gasteiger partial charge in [0.1, 0.15) is 21.4 Å². The lowest BCUT2D eigenvalue weighted by Gasteiger charge is -2.11. The Morgan fingerprint density at radius 1 is 1.19 bits per heavy atom. The van der Waals surface area contributed by atoms with Gasteiger partial charge in [0.2, 0.25) is 10.0 Å². The van der Waals surface area contributed by atoms with Gasteiger partial charge >= 0.3 is 0 Å². The molecule has 3 rings (SSSR count). The van der Waals surface area contributed by atoms with Gasteiger partial charge in [0, 0.05) is 17.5 Å². The zero-order valence-corrected chi connectivity index (χ0v) is 16.9. The number of hydrogen-bond donors (Lipinski definition) is 1. The van der Waals surface area contributed by atoms with Crippen LogP contribution in [0.25, 0.3) is 9.88 Å². The van der Waals surface area contributed by atoms with Gasteiger partial charge in [0.25, 0.3) is 0 Å². The molecule has 9 heteroatoms. The van der Waals surface area contributed by atoms with Crippen molar-refractivity contribution in [3.8, 4) is 21.4 Å². The number of aromatic nitrogens is 1. The van der Waals surface area contributed by atoms with Crippen LogP contribution < -0.4 is 14.2 Å². The second kappa shape index (κ2) is 7.75. The van der Waals surface area contributed by atoms with Gasteiger partial charge in [-0.2, -0.15) is 0 Å². The lowest BCUT2D eigenvalue weighted by atomic mass is 10.3. The van der Waals surface area contributed by atoms with Crippen molar-refractivity contribution in [2.75, 3.05) is 14.2 Å². The molecular formula is C17H18N2O4S3. The second-order valence-electron chi connectivity index (χ2n) is 5.35. The van der Waals surface area contributed by atoms with E-state index in [0.29, 0.717) is 5.75 Å². The molecule has 1 N–H and O–H groups in total. The Morgan fingerprint density at radius 2 is 2.00 bits per heavy atom. The highest BCUT2D eigenvalue weighted by Crippen LogP contribution is 2.32. The molecule has 26 heavy (non-hydrogen) atoms. The summed E-state index contributed by atoms with van der Waals surface area (Å²) in [4.78, 5) is 6.56. The highest BCUT2D eigenvalue weighted by Gasteiger charge is 2.21. The Hall–Kier alpha value is -1.94. The summed E-state index contributed by atoms with van der Waals surface area (Å²) in [6, 6.07) is 8.57. The molecular weight excluding hydrogens is 392 g/mol. The molecule has 2 aromatic heterocycles. The van der Waals surface area contributed by atoms with E-state index in [1.54, 1.807) is 23.5 Å². The molecule has 0 aliphatic carbocycles. The Morgan fingerprint density at radius 3 is 2.65 bits per heavy atom. The number of nitrogens with one attached hydrogen (secondary N) is 1. The Kier molecular flexibility index (Phi) is 5.61. The summed E-state index contributed by atoms with van der Waals surface area (Å²) >= 11 is 3.10. The Labute approximate surface area is 160 Å². The van der Waals surface area contributed by atoms with Crippen LogP contribution in [-0.4, -0.2) is 27.6 Å². The molecule has 0 radical (unpaired) electrons. The average molecular weight is 411 g/mol. The van der Waals surface area contributed by atoms with Crippen molar-refractivity contribution in [1.82, 2.24) is 9.71 Å². The molecule has 2 heterocycles. The molecule has 0 bridgehead atoms. The summed E-state index contributed by atoms with van der Waals surface area (Å²) in [7, 11) is -0.799. The van der Waals surface area contributed by atoms with E-state index < -0.39 is 10.0 Å². The highest BCUT2D eigenvalue weighted by molar-refractivity contribution is 7.89. The molecule has 0 atom stereocenters. The first kappa shape index (κ1) is 18.8. The number of methoxy groups -OCH3 is 2. The van der Waals surface area contributed by atoms with Gasteiger partial charge < -0.3 is 9.47 Å². The van der Waals surface area contributed by atoms with Crippen LogP contribution in [0.4, 0.5) is 0 Å². The summed E-state index contributed by atoms with van der Waals surface area (Å²) < 4.78 is 38.3. The Balaban J connectivity index is 1.81. The molecule has 3 aromatic rings. The predicted molar refractivity (Wildman–Crippen MR) is 104 cm³/mol. The van der Waals surface area contributed by atoms with Crippen molar-refractivity contribution in [3.63, 3.8) is 0 Å². The van der Waals surface area contributed by atoms with Crippen molar-refractivity contribution in [2.45, 2.75) is 18.4 Å². The molecule has 0 aliphatic heterocycles. The number of benzene rings is 1. The quantitative estimate of drug-likeness (QED) is 0.643. The molecule has 0 saturated heterocycles. The van der Waals surface area contributed by atoms with E-state index in [9.17, 15) is 8.42 Å². The number of thiophene rings is 1. The van der Waals surface area contributed by atoms with Crippen molar-refractivity contribution in [1.29, 1.82) is 0 Å². The van der Waals surface area contributed by atoms with Crippen LogP contribution >= 0.6 is 22.7 Å². The minimum Gasteiger partial charge on any atom is -0.497 e. The van der Waals surface area contributed by atoms with E-state index in [1.807, 2.05) is 24.4 Å². The standard InChI is InChI=1S/C17H18N2O4S3/c1-11-15(25-17(19-11)14-5-4-8-24-14)10-18-26(20,21)16-7-6-12(22-2)9-13(16)23-3/h4-9,18H,10H2,1-3H3. The van der Waals surface area contributed by atoms with Crippen molar-refractivity contribution in [3.05, 3.63) is 46.3 Å². The van der Waals surface area contributed by atoms with Crippen LogP contribution in [0.15, 0.2) is 40.6 Å². The molecule has 0 fully saturated rings. The summed E-state index contributed by atoms with van der Waals surface area (Å²) in [5, 5.41) is 2.89. The van der Waals surface area contributed by atoms with E-state index in [1.165, 1.54) is 31.6 Å². The lowest BCUT2D eigenvalue weighted by Crippen LogP contribution is -2.23. The van der Waals surface area contributed by atoms with Gasteiger partial charge in [0.15, 0.2) is 0 Å². The van der Waals surface area contributed by atoms with E-state index in [4.69, 9.17) is 9.47 Å². The Bertz CT molecular complexity index is 995. The fraction of sp³-hybridized carbons (Fsp3) is 0.235. The zero-order chi connectivity index (χ0) is 18.7. The van der Waals surface area contributed by atoms with Crippen molar-refractivity contribution < 1.29 is 17.9 Å². The molecule has 0 spiro atoms. The monoisotopic (exact) mass is 410 g/mol. The molecule has 0 amide bonds. The summed E-state index contributed by atoms with van der Waals surface area (Å²) in [5.74, 6) is 0.761. The molecule has 6 nitrogen and oxygen atoms in total. The number of rotatable bonds is 7. The number of thiazole rings is 1. The van der Waals surface area contributed by atoms with E-state index in [2.05, 4.69) is 9.71 Å². The fourth-order valence-corrected chi connectivity index (χ4v) is 5.37. The van der Waals surface area contributed by atoms with Crippen LogP contribution in [0, 0.1) is 6.92 Å². The van der Waals surface area contributed by atoms with Gasteiger partial charge in [-0.3, -0.25) is 0 Å². The molecule has 138 valence electrons. The third-order valence-corrected chi connectivity index (χ3v) is 7.34. The number of nitrogens with zero attached hydrogens (tertiary/aromatic N) is 1. The predicted octanol–water partition coefficient (Wildman–Crippen LogP) is 3.68. The maximum absolute atomic E-state index is 12.7. The van der Waals surface area contributed by atoms with Gasteiger partial charge in [0.05, 0.1) is 24.8 Å². The third kappa shape index (κ3) is 3.90. The first-order chi connectivity index (χ1) is 12.4. The first-order valence-electron chi connectivity index (χ1n) is 7.66. The molecule has 0 aliphatic rings. The smallest absolute Gasteiger partial charge is 0.244 e. The summed E-state index contributed by atoms with van der Waals surface area (Å²) in [5.41, 5.74) is 0.822. The minimum atomic E-state index is -3.74. The molecule has 1 aromatic carbocycles. The maximum atomic E-state index is 12.7. The lowest BCUT2D eigenvalue weighted by molar-refractivity contribution is 0.386.